The smallest absolute Gasteiger partial charge is 0.134 e. The number of anilines is 3. The van der Waals surface area contributed by atoms with Gasteiger partial charge in [-0.05, 0) is 31.5 Å². The Bertz CT molecular complexity index is 797. The van der Waals surface area contributed by atoms with E-state index in [-0.39, 0.29) is 0 Å². The van der Waals surface area contributed by atoms with Gasteiger partial charge in [0.2, 0.25) is 0 Å². The first-order valence-electron chi connectivity index (χ1n) is 7.16. The number of benzene rings is 2. The third-order valence-corrected chi connectivity index (χ3v) is 3.46. The molecule has 0 aliphatic carbocycles. The molecule has 0 aliphatic heterocycles. The molecule has 0 amide bonds. The molecule has 0 saturated heterocycles. The van der Waals surface area contributed by atoms with Crippen molar-refractivity contribution in [2.24, 2.45) is 0 Å². The van der Waals surface area contributed by atoms with Gasteiger partial charge in [-0.15, -0.1) is 0 Å². The predicted octanol–water partition coefficient (Wildman–Crippen LogP) is 4.09. The zero-order valence-electron chi connectivity index (χ0n) is 12.7. The number of nitrogen functional groups attached to an aromatic ring is 1. The van der Waals surface area contributed by atoms with Gasteiger partial charge in [0.05, 0.1) is 5.69 Å². The molecule has 4 heteroatoms. The van der Waals surface area contributed by atoms with Crippen LogP contribution in [-0.4, -0.2) is 9.97 Å². The normalized spacial score (nSPS) is 10.5. The first kappa shape index (κ1) is 14.1. The van der Waals surface area contributed by atoms with E-state index >= 15 is 0 Å². The summed E-state index contributed by atoms with van der Waals surface area (Å²) in [5.41, 5.74) is 10.7. The lowest BCUT2D eigenvalue weighted by Crippen LogP contribution is -2.00. The van der Waals surface area contributed by atoms with Crippen LogP contribution < -0.4 is 11.1 Å². The van der Waals surface area contributed by atoms with Crippen LogP contribution in [0, 0.1) is 13.8 Å². The topological polar surface area (TPSA) is 63.8 Å². The number of aromatic nitrogens is 2. The van der Waals surface area contributed by atoms with Gasteiger partial charge < -0.3 is 11.1 Å². The van der Waals surface area contributed by atoms with Crippen LogP contribution in [0.25, 0.3) is 11.3 Å². The average molecular weight is 290 g/mol. The van der Waals surface area contributed by atoms with Crippen molar-refractivity contribution in [3.8, 4) is 11.3 Å². The Morgan fingerprint density at radius 2 is 1.68 bits per heavy atom. The molecule has 4 nitrogen and oxygen atoms in total. The molecule has 3 N–H and O–H groups in total. The maximum atomic E-state index is 5.95. The first-order chi connectivity index (χ1) is 10.6. The molecule has 0 saturated carbocycles. The van der Waals surface area contributed by atoms with Gasteiger partial charge in [0.1, 0.15) is 11.6 Å². The second-order valence-electron chi connectivity index (χ2n) is 5.25. The van der Waals surface area contributed by atoms with E-state index in [4.69, 9.17) is 5.73 Å². The van der Waals surface area contributed by atoms with Crippen molar-refractivity contribution in [3.63, 3.8) is 0 Å². The second-order valence-corrected chi connectivity index (χ2v) is 5.25. The van der Waals surface area contributed by atoms with Gasteiger partial charge in [0.15, 0.2) is 0 Å². The van der Waals surface area contributed by atoms with Crippen LogP contribution in [0.2, 0.25) is 0 Å². The van der Waals surface area contributed by atoms with Gasteiger partial charge in [0.25, 0.3) is 0 Å². The van der Waals surface area contributed by atoms with Crippen LogP contribution in [-0.2, 0) is 0 Å². The summed E-state index contributed by atoms with van der Waals surface area (Å²) in [7, 11) is 0. The Morgan fingerprint density at radius 1 is 0.909 bits per heavy atom. The van der Waals surface area contributed by atoms with E-state index in [1.54, 1.807) is 0 Å². The summed E-state index contributed by atoms with van der Waals surface area (Å²) in [5, 5.41) is 3.29. The number of nitrogens with zero attached hydrogens (tertiary/aromatic N) is 2. The van der Waals surface area contributed by atoms with Gasteiger partial charge in [-0.25, -0.2) is 9.97 Å². The summed E-state index contributed by atoms with van der Waals surface area (Å²) in [6.07, 6.45) is 0. The van der Waals surface area contributed by atoms with E-state index in [9.17, 15) is 0 Å². The molecule has 22 heavy (non-hydrogen) atoms. The molecular formula is C18H18N4. The molecule has 3 aromatic rings. The average Bonchev–Trinajstić information content (AvgIpc) is 2.51. The highest BCUT2D eigenvalue weighted by Gasteiger charge is 2.05. The number of hydrogen-bond donors (Lipinski definition) is 2. The van der Waals surface area contributed by atoms with Crippen LogP contribution in [0.4, 0.5) is 17.2 Å². The highest BCUT2D eigenvalue weighted by Crippen LogP contribution is 2.23. The lowest BCUT2D eigenvalue weighted by molar-refractivity contribution is 1.06. The van der Waals surface area contributed by atoms with Crippen molar-refractivity contribution in [1.82, 2.24) is 9.97 Å². The fourth-order valence-corrected chi connectivity index (χ4v) is 2.25. The molecule has 0 aliphatic rings. The molecule has 3 rings (SSSR count). The first-order valence-corrected chi connectivity index (χ1v) is 7.16. The van der Waals surface area contributed by atoms with E-state index in [0.29, 0.717) is 0 Å². The number of aryl methyl sites for hydroxylation is 2. The predicted molar refractivity (Wildman–Crippen MR) is 91.1 cm³/mol. The monoisotopic (exact) mass is 290 g/mol. The molecule has 0 bridgehead atoms. The highest BCUT2D eigenvalue weighted by molar-refractivity contribution is 5.67. The highest BCUT2D eigenvalue weighted by atomic mass is 15.0. The molecule has 0 spiro atoms. The summed E-state index contributed by atoms with van der Waals surface area (Å²) < 4.78 is 0. The molecule has 0 atom stereocenters. The summed E-state index contributed by atoms with van der Waals surface area (Å²) in [6, 6.07) is 17.9. The second kappa shape index (κ2) is 5.85. The summed E-state index contributed by atoms with van der Waals surface area (Å²) in [5.74, 6) is 1.48. The fraction of sp³-hybridized carbons (Fsp3) is 0.111. The van der Waals surface area contributed by atoms with E-state index in [2.05, 4.69) is 15.3 Å². The molecule has 2 aromatic carbocycles. The summed E-state index contributed by atoms with van der Waals surface area (Å²) in [6.45, 7) is 3.88. The van der Waals surface area contributed by atoms with Crippen molar-refractivity contribution in [2.75, 3.05) is 11.1 Å². The Hall–Kier alpha value is -2.88. The quantitative estimate of drug-likeness (QED) is 0.713. The number of nitrogens with one attached hydrogen (secondary N) is 1. The van der Waals surface area contributed by atoms with E-state index in [1.165, 1.54) is 0 Å². The molecule has 1 heterocycles. The maximum Gasteiger partial charge on any atom is 0.134 e. The van der Waals surface area contributed by atoms with Crippen molar-refractivity contribution in [3.05, 3.63) is 66.0 Å². The van der Waals surface area contributed by atoms with Gasteiger partial charge >= 0.3 is 0 Å². The standard InChI is InChI=1S/C18H18N4/c1-12-8-9-15(10-16(12)19)22-18-11-17(20-13(2)21-18)14-6-4-3-5-7-14/h3-11H,19H2,1-2H3,(H,20,21,22). The van der Waals surface area contributed by atoms with Crippen LogP contribution in [0.5, 0.6) is 0 Å². The Balaban J connectivity index is 1.94. The molecule has 110 valence electrons. The number of rotatable bonds is 3. The summed E-state index contributed by atoms with van der Waals surface area (Å²) >= 11 is 0. The van der Waals surface area contributed by atoms with Gasteiger partial charge in [-0.2, -0.15) is 0 Å². The zero-order valence-corrected chi connectivity index (χ0v) is 12.7. The molecule has 0 radical (unpaired) electrons. The van der Waals surface area contributed by atoms with Crippen LogP contribution >= 0.6 is 0 Å². The molecular weight excluding hydrogens is 272 g/mol. The largest absolute Gasteiger partial charge is 0.398 e. The van der Waals surface area contributed by atoms with Crippen molar-refractivity contribution in [2.45, 2.75) is 13.8 Å². The van der Waals surface area contributed by atoms with Crippen LogP contribution in [0.15, 0.2) is 54.6 Å². The fourth-order valence-electron chi connectivity index (χ4n) is 2.25. The van der Waals surface area contributed by atoms with Gasteiger partial charge in [-0.1, -0.05) is 36.4 Å². The lowest BCUT2D eigenvalue weighted by atomic mass is 10.1. The SMILES string of the molecule is Cc1nc(Nc2ccc(C)c(N)c2)cc(-c2ccccc2)n1. The van der Waals surface area contributed by atoms with Crippen LogP contribution in [0.1, 0.15) is 11.4 Å². The molecule has 0 unspecified atom stereocenters. The third kappa shape index (κ3) is 3.06. The van der Waals surface area contributed by atoms with E-state index < -0.39 is 0 Å². The van der Waals surface area contributed by atoms with Crippen molar-refractivity contribution in [1.29, 1.82) is 0 Å². The van der Waals surface area contributed by atoms with Crippen molar-refractivity contribution < 1.29 is 0 Å². The van der Waals surface area contributed by atoms with E-state index in [0.717, 1.165) is 39.8 Å². The van der Waals surface area contributed by atoms with Gasteiger partial charge in [-0.3, -0.25) is 0 Å². The maximum absolute atomic E-state index is 5.95. The summed E-state index contributed by atoms with van der Waals surface area (Å²) in [4.78, 5) is 8.95. The Morgan fingerprint density at radius 3 is 2.41 bits per heavy atom. The van der Waals surface area contributed by atoms with E-state index in [1.807, 2.05) is 68.4 Å². The Labute approximate surface area is 130 Å². The Kier molecular flexibility index (Phi) is 3.74. The molecule has 0 fully saturated rings. The number of nitrogens with two attached hydrogens (primary N) is 1. The molecule has 1 aromatic heterocycles. The third-order valence-electron chi connectivity index (χ3n) is 3.46. The minimum absolute atomic E-state index is 0.726. The van der Waals surface area contributed by atoms with Gasteiger partial charge in [0, 0.05) is 23.0 Å². The minimum atomic E-state index is 0.726. The zero-order chi connectivity index (χ0) is 15.5. The number of hydrogen-bond acceptors (Lipinski definition) is 4. The minimum Gasteiger partial charge on any atom is -0.398 e. The lowest BCUT2D eigenvalue weighted by Gasteiger charge is -2.10. The van der Waals surface area contributed by atoms with Crippen LogP contribution in [0.3, 0.4) is 0 Å². The van der Waals surface area contributed by atoms with Crippen molar-refractivity contribution >= 4 is 17.2 Å².